The molecule has 0 atom stereocenters. The van der Waals surface area contributed by atoms with Crippen LogP contribution in [-0.4, -0.2) is 30.8 Å². The quantitative estimate of drug-likeness (QED) is 0.570. The Hall–Kier alpha value is -1.99. The number of nitrogens with one attached hydrogen (secondary N) is 1. The highest BCUT2D eigenvalue weighted by Gasteiger charge is 2.05. The first kappa shape index (κ1) is 12.1. The van der Waals surface area contributed by atoms with Crippen LogP contribution in [0, 0.1) is 12.3 Å². The predicted molar refractivity (Wildman–Crippen MR) is 61.1 cm³/mol. The van der Waals surface area contributed by atoms with Gasteiger partial charge in [-0.1, -0.05) is 5.92 Å². The third kappa shape index (κ3) is 3.64. The van der Waals surface area contributed by atoms with E-state index in [1.165, 1.54) is 0 Å². The van der Waals surface area contributed by atoms with Gasteiger partial charge >= 0.3 is 5.97 Å². The summed E-state index contributed by atoms with van der Waals surface area (Å²) in [6, 6.07) is 6.75. The van der Waals surface area contributed by atoms with Crippen molar-refractivity contribution in [3.05, 3.63) is 29.8 Å². The fraction of sp³-hybridized carbons (Fsp3) is 0.250. The lowest BCUT2D eigenvalue weighted by Crippen LogP contribution is -2.07. The number of aliphatic hydroxyl groups excluding tert-OH is 1. The molecule has 0 saturated carbocycles. The van der Waals surface area contributed by atoms with Gasteiger partial charge in [0.15, 0.2) is 6.61 Å². The maximum atomic E-state index is 11.4. The minimum absolute atomic E-state index is 0.0245. The van der Waals surface area contributed by atoms with E-state index in [-0.39, 0.29) is 13.2 Å². The molecule has 0 aliphatic carbocycles. The Morgan fingerprint density at radius 1 is 1.44 bits per heavy atom. The standard InChI is InChI=1S/C12H13NO3/c1-2-9-16-12(15)10-3-5-11(6-4-10)13-7-8-14/h1,3-6,13-14H,7-9H2. The molecule has 0 aromatic heterocycles. The molecule has 16 heavy (non-hydrogen) atoms. The number of carbonyl (C=O) groups is 1. The van der Waals surface area contributed by atoms with Crippen LogP contribution in [0.5, 0.6) is 0 Å². The molecule has 4 nitrogen and oxygen atoms in total. The molecule has 0 heterocycles. The van der Waals surface area contributed by atoms with Crippen LogP contribution in [0.4, 0.5) is 5.69 Å². The number of terminal acetylenes is 1. The van der Waals surface area contributed by atoms with Gasteiger partial charge in [-0.2, -0.15) is 0 Å². The maximum Gasteiger partial charge on any atom is 0.339 e. The topological polar surface area (TPSA) is 58.6 Å². The van der Waals surface area contributed by atoms with E-state index in [4.69, 9.17) is 16.3 Å². The summed E-state index contributed by atoms with van der Waals surface area (Å²) < 4.78 is 4.76. The second kappa shape index (κ2) is 6.49. The number of ether oxygens (including phenoxy) is 1. The zero-order valence-corrected chi connectivity index (χ0v) is 8.77. The Labute approximate surface area is 94.2 Å². The van der Waals surface area contributed by atoms with E-state index in [0.717, 1.165) is 5.69 Å². The van der Waals surface area contributed by atoms with E-state index in [1.807, 2.05) is 0 Å². The van der Waals surface area contributed by atoms with Gasteiger partial charge in [0.1, 0.15) is 0 Å². The van der Waals surface area contributed by atoms with Crippen molar-refractivity contribution < 1.29 is 14.6 Å². The van der Waals surface area contributed by atoms with Crippen molar-refractivity contribution in [2.75, 3.05) is 25.1 Å². The molecule has 4 heteroatoms. The summed E-state index contributed by atoms with van der Waals surface area (Å²) in [5.41, 5.74) is 1.28. The van der Waals surface area contributed by atoms with Crippen LogP contribution in [0.2, 0.25) is 0 Å². The zero-order chi connectivity index (χ0) is 11.8. The highest BCUT2D eigenvalue weighted by atomic mass is 16.5. The van der Waals surface area contributed by atoms with Crippen LogP contribution in [0.1, 0.15) is 10.4 Å². The van der Waals surface area contributed by atoms with Crippen molar-refractivity contribution in [1.29, 1.82) is 0 Å². The lowest BCUT2D eigenvalue weighted by molar-refractivity contribution is 0.0557. The Balaban J connectivity index is 2.57. The van der Waals surface area contributed by atoms with Crippen molar-refractivity contribution in [3.63, 3.8) is 0 Å². The van der Waals surface area contributed by atoms with Crippen LogP contribution < -0.4 is 5.32 Å². The highest BCUT2D eigenvalue weighted by molar-refractivity contribution is 5.89. The molecule has 1 aromatic carbocycles. The van der Waals surface area contributed by atoms with Gasteiger partial charge in [-0.25, -0.2) is 4.79 Å². The number of aliphatic hydroxyl groups is 1. The molecule has 2 N–H and O–H groups in total. The average molecular weight is 219 g/mol. The highest BCUT2D eigenvalue weighted by Crippen LogP contribution is 2.09. The van der Waals surface area contributed by atoms with Gasteiger partial charge in [-0.15, -0.1) is 6.42 Å². The Morgan fingerprint density at radius 2 is 2.12 bits per heavy atom. The van der Waals surface area contributed by atoms with Crippen molar-refractivity contribution >= 4 is 11.7 Å². The Bertz CT molecular complexity index is 378. The molecular weight excluding hydrogens is 206 g/mol. The SMILES string of the molecule is C#CCOC(=O)c1ccc(NCCO)cc1. The summed E-state index contributed by atoms with van der Waals surface area (Å²) in [5.74, 6) is 1.79. The number of rotatable bonds is 5. The molecule has 0 aliphatic rings. The van der Waals surface area contributed by atoms with Crippen molar-refractivity contribution in [2.24, 2.45) is 0 Å². The third-order valence-electron chi connectivity index (χ3n) is 1.85. The van der Waals surface area contributed by atoms with Crippen molar-refractivity contribution in [1.82, 2.24) is 0 Å². The third-order valence-corrected chi connectivity index (χ3v) is 1.85. The zero-order valence-electron chi connectivity index (χ0n) is 8.77. The fourth-order valence-corrected chi connectivity index (χ4v) is 1.11. The second-order valence-electron chi connectivity index (χ2n) is 3.01. The summed E-state index contributed by atoms with van der Waals surface area (Å²) in [6.07, 6.45) is 4.97. The van der Waals surface area contributed by atoms with Crippen LogP contribution in [-0.2, 0) is 4.74 Å². The summed E-state index contributed by atoms with van der Waals surface area (Å²) >= 11 is 0. The smallest absolute Gasteiger partial charge is 0.339 e. The average Bonchev–Trinajstić information content (AvgIpc) is 2.34. The first-order valence-electron chi connectivity index (χ1n) is 4.83. The fourth-order valence-electron chi connectivity index (χ4n) is 1.11. The number of benzene rings is 1. The minimum Gasteiger partial charge on any atom is -0.449 e. The van der Waals surface area contributed by atoms with E-state index in [0.29, 0.717) is 12.1 Å². The molecule has 0 radical (unpaired) electrons. The van der Waals surface area contributed by atoms with Gasteiger partial charge in [0, 0.05) is 12.2 Å². The predicted octanol–water partition coefficient (Wildman–Crippen LogP) is 0.881. The number of hydrogen-bond donors (Lipinski definition) is 2. The number of hydrogen-bond acceptors (Lipinski definition) is 4. The maximum absolute atomic E-state index is 11.4. The molecule has 84 valence electrons. The Morgan fingerprint density at radius 3 is 2.69 bits per heavy atom. The molecule has 1 aromatic rings. The number of anilines is 1. The normalized spacial score (nSPS) is 9.25. The molecule has 0 unspecified atom stereocenters. The number of carbonyl (C=O) groups excluding carboxylic acids is 1. The summed E-state index contributed by atoms with van der Waals surface area (Å²) in [7, 11) is 0. The number of esters is 1. The summed E-state index contributed by atoms with van der Waals surface area (Å²) in [5, 5.41) is 11.6. The van der Waals surface area contributed by atoms with Crippen LogP contribution >= 0.6 is 0 Å². The van der Waals surface area contributed by atoms with E-state index in [9.17, 15) is 4.79 Å². The molecule has 0 spiro atoms. The van der Waals surface area contributed by atoms with E-state index in [1.54, 1.807) is 24.3 Å². The van der Waals surface area contributed by atoms with Gasteiger partial charge in [0.05, 0.1) is 12.2 Å². The van der Waals surface area contributed by atoms with E-state index in [2.05, 4.69) is 11.2 Å². The van der Waals surface area contributed by atoms with Crippen molar-refractivity contribution in [3.8, 4) is 12.3 Å². The van der Waals surface area contributed by atoms with E-state index < -0.39 is 5.97 Å². The van der Waals surface area contributed by atoms with Crippen LogP contribution in [0.15, 0.2) is 24.3 Å². The second-order valence-corrected chi connectivity index (χ2v) is 3.01. The lowest BCUT2D eigenvalue weighted by atomic mass is 10.2. The van der Waals surface area contributed by atoms with Gasteiger partial charge in [0.25, 0.3) is 0 Å². The largest absolute Gasteiger partial charge is 0.449 e. The molecular formula is C12H13NO3. The van der Waals surface area contributed by atoms with E-state index >= 15 is 0 Å². The molecule has 0 aliphatic heterocycles. The molecule has 1 rings (SSSR count). The molecule has 0 amide bonds. The summed E-state index contributed by atoms with van der Waals surface area (Å²) in [6.45, 7) is 0.510. The van der Waals surface area contributed by atoms with Crippen LogP contribution in [0.25, 0.3) is 0 Å². The molecule has 0 bridgehead atoms. The van der Waals surface area contributed by atoms with Gasteiger partial charge < -0.3 is 15.2 Å². The van der Waals surface area contributed by atoms with Crippen LogP contribution in [0.3, 0.4) is 0 Å². The van der Waals surface area contributed by atoms with Gasteiger partial charge in [0.2, 0.25) is 0 Å². The monoisotopic (exact) mass is 219 g/mol. The molecule has 0 saturated heterocycles. The minimum atomic E-state index is -0.438. The van der Waals surface area contributed by atoms with Crippen molar-refractivity contribution in [2.45, 2.75) is 0 Å². The summed E-state index contributed by atoms with van der Waals surface area (Å²) in [4.78, 5) is 11.4. The first-order valence-corrected chi connectivity index (χ1v) is 4.83. The molecule has 0 fully saturated rings. The van der Waals surface area contributed by atoms with Gasteiger partial charge in [-0.3, -0.25) is 0 Å². The first-order chi connectivity index (χ1) is 7.77. The Kier molecular flexibility index (Phi) is 4.90. The lowest BCUT2D eigenvalue weighted by Gasteiger charge is -2.05. The van der Waals surface area contributed by atoms with Gasteiger partial charge in [-0.05, 0) is 24.3 Å².